The summed E-state index contributed by atoms with van der Waals surface area (Å²) in [5.41, 5.74) is 17.5. The van der Waals surface area contributed by atoms with Crippen molar-refractivity contribution in [3.63, 3.8) is 0 Å². The Labute approximate surface area is 370 Å². The van der Waals surface area contributed by atoms with Gasteiger partial charge in [0.15, 0.2) is 0 Å². The van der Waals surface area contributed by atoms with Crippen LogP contribution in [0.1, 0.15) is 158 Å². The van der Waals surface area contributed by atoms with Crippen molar-refractivity contribution < 1.29 is 0 Å². The first-order valence-corrected chi connectivity index (χ1v) is 24.4. The second kappa shape index (κ2) is 21.3. The van der Waals surface area contributed by atoms with Crippen LogP contribution in [-0.2, 0) is 11.8 Å². The third kappa shape index (κ3) is 10.3. The molecule has 0 amide bonds. The fraction of sp³-hybridized carbons (Fsp3) is 0.424. The minimum Gasteiger partial charge on any atom is -0.314 e. The van der Waals surface area contributed by atoms with Crippen molar-refractivity contribution in [1.82, 2.24) is 0 Å². The second-order valence-electron chi connectivity index (χ2n) is 18.4. The molecule has 0 heterocycles. The van der Waals surface area contributed by atoms with E-state index >= 15 is 0 Å². The van der Waals surface area contributed by atoms with Crippen LogP contribution in [0.5, 0.6) is 0 Å². The lowest BCUT2D eigenvalue weighted by atomic mass is 9.70. The molecule has 5 aromatic carbocycles. The number of allylic oxidation sites excluding steroid dienone is 4. The Bertz CT molecular complexity index is 2240. The Balaban J connectivity index is 1.40. The highest BCUT2D eigenvalue weighted by molar-refractivity contribution is 5.88. The van der Waals surface area contributed by atoms with Gasteiger partial charge in [-0.3, -0.25) is 0 Å². The van der Waals surface area contributed by atoms with Crippen molar-refractivity contribution in [2.75, 3.05) is 9.80 Å². The SMILES string of the molecule is CCCCCCCCC1(CCCCCCCC)c2cc(N(C3=CC=CC(CC)C3)c3cccc(C)c3)ccc2-c2ccc(N(c3cccc(C)c3)c3cccc(CC)c3)cc21. The molecule has 0 aromatic heterocycles. The number of benzene rings is 5. The van der Waals surface area contributed by atoms with Crippen LogP contribution < -0.4 is 9.80 Å². The third-order valence-corrected chi connectivity index (χ3v) is 13.8. The van der Waals surface area contributed by atoms with Crippen molar-refractivity contribution in [1.29, 1.82) is 0 Å². The van der Waals surface area contributed by atoms with Gasteiger partial charge in [0.1, 0.15) is 0 Å². The van der Waals surface area contributed by atoms with Gasteiger partial charge in [-0.15, -0.1) is 0 Å². The molecule has 0 spiro atoms. The Hall–Kier alpha value is -4.82. The van der Waals surface area contributed by atoms with Gasteiger partial charge < -0.3 is 9.80 Å². The van der Waals surface area contributed by atoms with Gasteiger partial charge in [0.05, 0.1) is 0 Å². The number of anilines is 5. The lowest BCUT2D eigenvalue weighted by molar-refractivity contribution is 0.398. The molecule has 2 aliphatic carbocycles. The van der Waals surface area contributed by atoms with Gasteiger partial charge in [0, 0.05) is 39.5 Å². The van der Waals surface area contributed by atoms with E-state index in [2.05, 4.69) is 179 Å². The summed E-state index contributed by atoms with van der Waals surface area (Å²) in [6.45, 7) is 13.7. The minimum atomic E-state index is -0.0686. The maximum Gasteiger partial charge on any atom is 0.0465 e. The monoisotopic (exact) mass is 811 g/mol. The van der Waals surface area contributed by atoms with Gasteiger partial charge in [-0.2, -0.15) is 0 Å². The first-order chi connectivity index (χ1) is 29.9. The second-order valence-corrected chi connectivity index (χ2v) is 18.4. The predicted octanol–water partition coefficient (Wildman–Crippen LogP) is 18.1. The molecule has 2 nitrogen and oxygen atoms in total. The van der Waals surface area contributed by atoms with Gasteiger partial charge in [-0.25, -0.2) is 0 Å². The molecule has 61 heavy (non-hydrogen) atoms. The van der Waals surface area contributed by atoms with Crippen molar-refractivity contribution >= 4 is 28.4 Å². The van der Waals surface area contributed by atoms with Crippen molar-refractivity contribution in [3.8, 4) is 11.1 Å². The van der Waals surface area contributed by atoms with Gasteiger partial charge in [-0.05, 0) is 158 Å². The zero-order chi connectivity index (χ0) is 42.6. The first-order valence-electron chi connectivity index (χ1n) is 24.4. The van der Waals surface area contributed by atoms with E-state index in [1.54, 1.807) is 5.56 Å². The van der Waals surface area contributed by atoms with Gasteiger partial charge in [0.25, 0.3) is 0 Å². The predicted molar refractivity (Wildman–Crippen MR) is 266 cm³/mol. The van der Waals surface area contributed by atoms with Crippen LogP contribution in [0.2, 0.25) is 0 Å². The first kappa shape index (κ1) is 44.2. The molecule has 2 aliphatic rings. The summed E-state index contributed by atoms with van der Waals surface area (Å²) < 4.78 is 0. The molecule has 1 unspecified atom stereocenters. The Morgan fingerprint density at radius 1 is 0.508 bits per heavy atom. The minimum absolute atomic E-state index is 0.0686. The molecule has 320 valence electrons. The smallest absolute Gasteiger partial charge is 0.0465 e. The molecule has 5 aromatic rings. The standard InChI is InChI=1S/C59H74N2/c1-7-11-13-15-17-19-37-59(38-20-18-16-14-12-8-2)57-43-53(60(49-29-21-25-45(5)39-49)51-31-23-27-47(9-3)41-51)33-35-55(57)56-36-34-54(44-58(56)59)61(50-30-22-26-46(6)40-50)52-32-24-28-48(10-4)42-52/h21-36,39-41,43-44,48H,7-20,37-38,42H2,1-6H3. The number of aryl methyl sites for hydroxylation is 3. The van der Waals surface area contributed by atoms with E-state index in [0.29, 0.717) is 5.92 Å². The van der Waals surface area contributed by atoms with E-state index in [0.717, 1.165) is 19.3 Å². The fourth-order valence-corrected chi connectivity index (χ4v) is 10.4. The molecule has 2 heteroatoms. The van der Waals surface area contributed by atoms with Crippen LogP contribution in [0.4, 0.5) is 28.4 Å². The highest BCUT2D eigenvalue weighted by Crippen LogP contribution is 2.57. The molecule has 7 rings (SSSR count). The van der Waals surface area contributed by atoms with Gasteiger partial charge in [0.2, 0.25) is 0 Å². The molecule has 0 N–H and O–H groups in total. The van der Waals surface area contributed by atoms with E-state index in [1.165, 1.54) is 157 Å². The lowest BCUT2D eigenvalue weighted by Crippen LogP contribution is -2.27. The number of hydrogen-bond donors (Lipinski definition) is 0. The summed E-state index contributed by atoms with van der Waals surface area (Å²) in [5, 5.41) is 0. The van der Waals surface area contributed by atoms with E-state index in [-0.39, 0.29) is 5.41 Å². The number of unbranched alkanes of at least 4 members (excludes halogenated alkanes) is 10. The molecule has 0 aliphatic heterocycles. The van der Waals surface area contributed by atoms with Gasteiger partial charge >= 0.3 is 0 Å². The normalized spacial score (nSPS) is 15.0. The van der Waals surface area contributed by atoms with Crippen molar-refractivity contribution in [2.45, 2.75) is 156 Å². The molecule has 1 atom stereocenters. The molecule has 0 fully saturated rings. The summed E-state index contributed by atoms with van der Waals surface area (Å²) >= 11 is 0. The third-order valence-electron chi connectivity index (χ3n) is 13.8. The lowest BCUT2D eigenvalue weighted by Gasteiger charge is -2.36. The molecule has 0 radical (unpaired) electrons. The topological polar surface area (TPSA) is 6.48 Å². The summed E-state index contributed by atoms with van der Waals surface area (Å²) in [4.78, 5) is 5.11. The van der Waals surface area contributed by atoms with Crippen molar-refractivity contribution in [2.24, 2.45) is 5.92 Å². The summed E-state index contributed by atoms with van der Waals surface area (Å²) in [6, 6.07) is 42.5. The highest BCUT2D eigenvalue weighted by Gasteiger charge is 2.43. The number of nitrogens with zero attached hydrogens (tertiary/aromatic N) is 2. The van der Waals surface area contributed by atoms with Crippen LogP contribution in [0.25, 0.3) is 11.1 Å². The average Bonchev–Trinajstić information content (AvgIpc) is 3.54. The maximum absolute atomic E-state index is 2.65. The quantitative estimate of drug-likeness (QED) is 0.0643. The Morgan fingerprint density at radius 2 is 1.00 bits per heavy atom. The molecular weight excluding hydrogens is 737 g/mol. The largest absolute Gasteiger partial charge is 0.314 e. The Morgan fingerprint density at radius 3 is 1.54 bits per heavy atom. The number of hydrogen-bond acceptors (Lipinski definition) is 2. The van der Waals surface area contributed by atoms with Crippen LogP contribution >= 0.6 is 0 Å². The van der Waals surface area contributed by atoms with Crippen LogP contribution in [0.15, 0.2) is 133 Å². The summed E-state index contributed by atoms with van der Waals surface area (Å²) in [6.07, 6.45) is 28.4. The molecular formula is C59H74N2. The number of fused-ring (bicyclic) bond motifs is 3. The van der Waals surface area contributed by atoms with Crippen LogP contribution in [0, 0.1) is 19.8 Å². The summed E-state index contributed by atoms with van der Waals surface area (Å²) in [7, 11) is 0. The van der Waals surface area contributed by atoms with E-state index in [4.69, 9.17) is 0 Å². The van der Waals surface area contributed by atoms with E-state index in [1.807, 2.05) is 0 Å². The maximum atomic E-state index is 2.65. The van der Waals surface area contributed by atoms with Crippen LogP contribution in [-0.4, -0.2) is 0 Å². The molecule has 0 bridgehead atoms. The zero-order valence-corrected chi connectivity index (χ0v) is 38.6. The van der Waals surface area contributed by atoms with Crippen LogP contribution in [0.3, 0.4) is 0 Å². The van der Waals surface area contributed by atoms with E-state index in [9.17, 15) is 0 Å². The molecule has 0 saturated carbocycles. The fourth-order valence-electron chi connectivity index (χ4n) is 10.4. The number of rotatable bonds is 22. The average molecular weight is 811 g/mol. The summed E-state index contributed by atoms with van der Waals surface area (Å²) in [5.74, 6) is 0.554. The van der Waals surface area contributed by atoms with Crippen molar-refractivity contribution in [3.05, 3.63) is 161 Å². The zero-order valence-electron chi connectivity index (χ0n) is 38.6. The van der Waals surface area contributed by atoms with E-state index < -0.39 is 0 Å². The Kier molecular flexibility index (Phi) is 15.5. The highest BCUT2D eigenvalue weighted by atomic mass is 15.2. The van der Waals surface area contributed by atoms with Gasteiger partial charge in [-0.1, -0.05) is 165 Å². The molecule has 0 saturated heterocycles.